The summed E-state index contributed by atoms with van der Waals surface area (Å²) in [6, 6.07) is 9.12. The van der Waals surface area contributed by atoms with Gasteiger partial charge in [0.2, 0.25) is 10.0 Å². The van der Waals surface area contributed by atoms with E-state index in [1.165, 1.54) is 4.31 Å². The number of hydrogen-bond donors (Lipinski definition) is 1. The topological polar surface area (TPSA) is 57.6 Å². The van der Waals surface area contributed by atoms with E-state index in [0.717, 1.165) is 12.8 Å². The number of aliphatic hydroxyl groups excluding tert-OH is 1. The molecule has 1 aromatic carbocycles. The van der Waals surface area contributed by atoms with Gasteiger partial charge in [-0.05, 0) is 25.0 Å². The third-order valence-corrected chi connectivity index (χ3v) is 4.52. The summed E-state index contributed by atoms with van der Waals surface area (Å²) in [4.78, 5) is 0. The highest BCUT2D eigenvalue weighted by Crippen LogP contribution is 2.19. The van der Waals surface area contributed by atoms with Gasteiger partial charge in [0.1, 0.15) is 0 Å². The maximum absolute atomic E-state index is 12.2. The van der Waals surface area contributed by atoms with Gasteiger partial charge >= 0.3 is 0 Å². The molecule has 0 radical (unpaired) electrons. The molecule has 5 heteroatoms. The van der Waals surface area contributed by atoms with E-state index in [9.17, 15) is 8.42 Å². The van der Waals surface area contributed by atoms with Crippen LogP contribution in [0.1, 0.15) is 26.2 Å². The van der Waals surface area contributed by atoms with Gasteiger partial charge in [-0.25, -0.2) is 8.42 Å². The summed E-state index contributed by atoms with van der Waals surface area (Å²) in [5.41, 5.74) is 0.698. The van der Waals surface area contributed by atoms with Crippen molar-refractivity contribution in [3.8, 4) is 0 Å². The molecule has 0 saturated carbocycles. The van der Waals surface area contributed by atoms with E-state index in [2.05, 4.69) is 0 Å². The van der Waals surface area contributed by atoms with Gasteiger partial charge in [0.15, 0.2) is 0 Å². The van der Waals surface area contributed by atoms with Crippen LogP contribution in [0, 0.1) is 0 Å². The smallest absolute Gasteiger partial charge is 0.235 e. The number of anilines is 1. The van der Waals surface area contributed by atoms with E-state index in [1.807, 2.05) is 25.1 Å². The quantitative estimate of drug-likeness (QED) is 0.787. The van der Waals surface area contributed by atoms with Gasteiger partial charge < -0.3 is 5.11 Å². The molecule has 0 unspecified atom stereocenters. The summed E-state index contributed by atoms with van der Waals surface area (Å²) >= 11 is 0. The number of nitrogens with zero attached hydrogens (tertiary/aromatic N) is 1. The SMILES string of the molecule is CCCCN(c1ccccc1)S(=O)(=O)CCCO. The minimum absolute atomic E-state index is 0.0118. The first-order chi connectivity index (χ1) is 8.61. The van der Waals surface area contributed by atoms with E-state index in [1.54, 1.807) is 12.1 Å². The molecule has 0 heterocycles. The summed E-state index contributed by atoms with van der Waals surface area (Å²) in [5.74, 6) is -0.0118. The molecular formula is C13H21NO3S. The molecule has 0 aromatic heterocycles. The standard InChI is InChI=1S/C13H21NO3S/c1-2-3-10-14(13-8-5-4-6-9-13)18(16,17)12-7-11-15/h4-6,8-9,15H,2-3,7,10-12H2,1H3. The molecule has 0 aliphatic heterocycles. The zero-order valence-corrected chi connectivity index (χ0v) is 11.6. The number of rotatable bonds is 8. The molecule has 1 rings (SSSR count). The molecule has 0 bridgehead atoms. The van der Waals surface area contributed by atoms with Crippen molar-refractivity contribution in [2.45, 2.75) is 26.2 Å². The first kappa shape index (κ1) is 15.0. The first-order valence-corrected chi connectivity index (χ1v) is 7.89. The van der Waals surface area contributed by atoms with Crippen LogP contribution in [0.25, 0.3) is 0 Å². The summed E-state index contributed by atoms with van der Waals surface area (Å²) in [7, 11) is -3.34. The largest absolute Gasteiger partial charge is 0.396 e. The number of hydrogen-bond acceptors (Lipinski definition) is 3. The average Bonchev–Trinajstić information content (AvgIpc) is 2.38. The Morgan fingerprint density at radius 3 is 2.39 bits per heavy atom. The fourth-order valence-corrected chi connectivity index (χ4v) is 3.25. The molecule has 0 spiro atoms. The molecule has 0 fully saturated rings. The summed E-state index contributed by atoms with van der Waals surface area (Å²) < 4.78 is 25.9. The number of unbranched alkanes of at least 4 members (excludes halogenated alkanes) is 1. The van der Waals surface area contributed by atoms with Crippen LogP contribution < -0.4 is 4.31 Å². The molecule has 0 saturated heterocycles. The van der Waals surface area contributed by atoms with Gasteiger partial charge in [0, 0.05) is 13.2 Å². The average molecular weight is 271 g/mol. The van der Waals surface area contributed by atoms with Crippen molar-refractivity contribution in [2.75, 3.05) is 23.2 Å². The number of para-hydroxylation sites is 1. The zero-order chi connectivity index (χ0) is 13.4. The van der Waals surface area contributed by atoms with Gasteiger partial charge in [-0.1, -0.05) is 31.5 Å². The molecule has 102 valence electrons. The summed E-state index contributed by atoms with van der Waals surface area (Å²) in [5, 5.41) is 8.78. The van der Waals surface area contributed by atoms with Gasteiger partial charge in [-0.3, -0.25) is 4.31 Å². The van der Waals surface area contributed by atoms with Crippen LogP contribution in [0.15, 0.2) is 30.3 Å². The second-order valence-corrected chi connectivity index (χ2v) is 6.17. The fraction of sp³-hybridized carbons (Fsp3) is 0.538. The van der Waals surface area contributed by atoms with Gasteiger partial charge in [0.05, 0.1) is 11.4 Å². The maximum atomic E-state index is 12.2. The highest BCUT2D eigenvalue weighted by molar-refractivity contribution is 7.92. The Hall–Kier alpha value is -1.07. The number of benzene rings is 1. The lowest BCUT2D eigenvalue weighted by atomic mass is 10.3. The van der Waals surface area contributed by atoms with Crippen molar-refractivity contribution in [2.24, 2.45) is 0 Å². The van der Waals surface area contributed by atoms with Gasteiger partial charge in [0.25, 0.3) is 0 Å². The maximum Gasteiger partial charge on any atom is 0.235 e. The minimum Gasteiger partial charge on any atom is -0.396 e. The van der Waals surface area contributed by atoms with E-state index < -0.39 is 10.0 Å². The van der Waals surface area contributed by atoms with E-state index in [0.29, 0.717) is 12.2 Å². The predicted octanol–water partition coefficient (Wildman–Crippen LogP) is 2.01. The molecule has 4 nitrogen and oxygen atoms in total. The summed E-state index contributed by atoms with van der Waals surface area (Å²) in [6.07, 6.45) is 2.05. The van der Waals surface area contributed by atoms with Crippen LogP contribution in [0.3, 0.4) is 0 Å². The zero-order valence-electron chi connectivity index (χ0n) is 10.7. The number of aliphatic hydroxyl groups is 1. The Kier molecular flexibility index (Phi) is 6.15. The molecule has 1 N–H and O–H groups in total. The third kappa shape index (κ3) is 4.31. The Morgan fingerprint density at radius 2 is 1.83 bits per heavy atom. The molecule has 18 heavy (non-hydrogen) atoms. The lowest BCUT2D eigenvalue weighted by Gasteiger charge is -2.24. The predicted molar refractivity (Wildman–Crippen MR) is 74.2 cm³/mol. The third-order valence-electron chi connectivity index (χ3n) is 2.66. The fourth-order valence-electron chi connectivity index (χ4n) is 1.68. The van der Waals surface area contributed by atoms with Crippen LogP contribution >= 0.6 is 0 Å². The van der Waals surface area contributed by atoms with Gasteiger partial charge in [-0.2, -0.15) is 0 Å². The van der Waals surface area contributed by atoms with E-state index >= 15 is 0 Å². The molecule has 0 aliphatic rings. The monoisotopic (exact) mass is 271 g/mol. The normalized spacial score (nSPS) is 11.4. The van der Waals surface area contributed by atoms with Crippen LogP contribution in [-0.2, 0) is 10.0 Å². The summed E-state index contributed by atoms with van der Waals surface area (Å²) in [6.45, 7) is 2.42. The van der Waals surface area contributed by atoms with E-state index in [4.69, 9.17) is 5.11 Å². The van der Waals surface area contributed by atoms with Crippen molar-refractivity contribution in [1.29, 1.82) is 0 Å². The van der Waals surface area contributed by atoms with Crippen LogP contribution in [0.2, 0.25) is 0 Å². The molecule has 1 aromatic rings. The Bertz CT molecular complexity index is 431. The Labute approximate surface area is 109 Å². The van der Waals surface area contributed by atoms with Crippen molar-refractivity contribution >= 4 is 15.7 Å². The van der Waals surface area contributed by atoms with Crippen molar-refractivity contribution < 1.29 is 13.5 Å². The van der Waals surface area contributed by atoms with Gasteiger partial charge in [-0.15, -0.1) is 0 Å². The molecule has 0 aliphatic carbocycles. The highest BCUT2D eigenvalue weighted by Gasteiger charge is 2.21. The van der Waals surface area contributed by atoms with Crippen molar-refractivity contribution in [3.63, 3.8) is 0 Å². The lowest BCUT2D eigenvalue weighted by molar-refractivity contribution is 0.295. The number of sulfonamides is 1. The second-order valence-electron chi connectivity index (χ2n) is 4.15. The van der Waals surface area contributed by atoms with Crippen molar-refractivity contribution in [1.82, 2.24) is 0 Å². The molecule has 0 amide bonds. The highest BCUT2D eigenvalue weighted by atomic mass is 32.2. The Balaban J connectivity index is 2.91. The minimum atomic E-state index is -3.34. The van der Waals surface area contributed by atoms with Crippen LogP contribution in [0.4, 0.5) is 5.69 Å². The van der Waals surface area contributed by atoms with E-state index in [-0.39, 0.29) is 18.8 Å². The lowest BCUT2D eigenvalue weighted by Crippen LogP contribution is -2.34. The molecule has 0 atom stereocenters. The second kappa shape index (κ2) is 7.38. The first-order valence-electron chi connectivity index (χ1n) is 6.28. The molecular weight excluding hydrogens is 250 g/mol. The van der Waals surface area contributed by atoms with Crippen LogP contribution in [0.5, 0.6) is 0 Å². The van der Waals surface area contributed by atoms with Crippen LogP contribution in [-0.4, -0.2) is 32.4 Å². The Morgan fingerprint density at radius 1 is 1.17 bits per heavy atom. The van der Waals surface area contributed by atoms with Crippen molar-refractivity contribution in [3.05, 3.63) is 30.3 Å².